The van der Waals surface area contributed by atoms with E-state index in [9.17, 15) is 14.7 Å². The lowest BCUT2D eigenvalue weighted by molar-refractivity contribution is -0.131. The van der Waals surface area contributed by atoms with E-state index in [2.05, 4.69) is 10.2 Å². The van der Waals surface area contributed by atoms with E-state index in [1.807, 2.05) is 6.92 Å². The van der Waals surface area contributed by atoms with Crippen LogP contribution >= 0.6 is 11.8 Å². The molecule has 0 unspecified atom stereocenters. The lowest BCUT2D eigenvalue weighted by Gasteiger charge is -1.99. The lowest BCUT2D eigenvalue weighted by Crippen LogP contribution is -1.96. The largest absolute Gasteiger partial charge is 0.478 e. The van der Waals surface area contributed by atoms with Crippen LogP contribution in [0.15, 0.2) is 55.4 Å². The van der Waals surface area contributed by atoms with Crippen molar-refractivity contribution < 1.29 is 28.6 Å². The molecular weight excluding hydrogens is 372 g/mol. The van der Waals surface area contributed by atoms with Gasteiger partial charge in [0.2, 0.25) is 5.89 Å². The molecule has 0 fully saturated rings. The van der Waals surface area contributed by atoms with Gasteiger partial charge in [0.1, 0.15) is 16.4 Å². The summed E-state index contributed by atoms with van der Waals surface area (Å²) in [7, 11) is 0. The zero-order valence-corrected chi connectivity index (χ0v) is 14.9. The van der Waals surface area contributed by atoms with Crippen LogP contribution in [0.2, 0.25) is 0 Å². The third kappa shape index (κ3) is 4.45. The fourth-order valence-electron chi connectivity index (χ4n) is 2.14. The number of carboxylic acid groups (broad SMARTS) is 2. The highest BCUT2D eigenvalue weighted by atomic mass is 32.2. The molecule has 3 aromatic rings. The smallest absolute Gasteiger partial charge is 0.342 e. The van der Waals surface area contributed by atoms with Crippen LogP contribution in [-0.4, -0.2) is 32.3 Å². The Balaban J connectivity index is 1.82. The number of carboxylic acids is 2. The van der Waals surface area contributed by atoms with Gasteiger partial charge in [0.25, 0.3) is 5.22 Å². The van der Waals surface area contributed by atoms with Gasteiger partial charge in [-0.3, -0.25) is 0 Å². The molecule has 2 aromatic heterocycles. The summed E-state index contributed by atoms with van der Waals surface area (Å²) in [6.45, 7) is 1.85. The Bertz CT molecular complexity index is 1000. The molecule has 0 radical (unpaired) electrons. The highest BCUT2D eigenvalue weighted by molar-refractivity contribution is 8.03. The number of aryl methyl sites for hydroxylation is 1. The predicted octanol–water partition coefficient (Wildman–Crippen LogP) is 3.81. The summed E-state index contributed by atoms with van der Waals surface area (Å²) in [4.78, 5) is 22.4. The Labute approximate surface area is 157 Å². The average Bonchev–Trinajstić information content (AvgIpc) is 3.30. The van der Waals surface area contributed by atoms with Crippen LogP contribution in [0.25, 0.3) is 17.4 Å². The summed E-state index contributed by atoms with van der Waals surface area (Å²) in [6, 6.07) is 9.47. The maximum Gasteiger partial charge on any atom is 0.342 e. The Morgan fingerprint density at radius 2 is 1.81 bits per heavy atom. The second-order valence-corrected chi connectivity index (χ2v) is 6.31. The molecule has 8 nitrogen and oxygen atoms in total. The maximum atomic E-state index is 11.5. The van der Waals surface area contributed by atoms with Gasteiger partial charge in [0.05, 0.1) is 5.56 Å². The number of hydrogen-bond donors (Lipinski definition) is 2. The van der Waals surface area contributed by atoms with Gasteiger partial charge in [-0.25, -0.2) is 9.59 Å². The van der Waals surface area contributed by atoms with Crippen molar-refractivity contribution in [3.05, 3.63) is 58.5 Å². The van der Waals surface area contributed by atoms with Crippen LogP contribution in [-0.2, 0) is 11.2 Å². The summed E-state index contributed by atoms with van der Waals surface area (Å²) >= 11 is 0.834. The van der Waals surface area contributed by atoms with Gasteiger partial charge < -0.3 is 19.0 Å². The topological polar surface area (TPSA) is 127 Å². The molecular formula is C18H14N2O6S. The molecule has 0 aliphatic rings. The zero-order valence-electron chi connectivity index (χ0n) is 14.1. The van der Waals surface area contributed by atoms with Gasteiger partial charge in [0.15, 0.2) is 0 Å². The fourth-order valence-corrected chi connectivity index (χ4v) is 2.81. The van der Waals surface area contributed by atoms with Crippen molar-refractivity contribution in [1.29, 1.82) is 0 Å². The number of aromatic nitrogens is 2. The molecule has 2 N–H and O–H groups in total. The van der Waals surface area contributed by atoms with E-state index in [1.54, 1.807) is 24.3 Å². The number of aromatic carboxylic acids is 1. The molecule has 0 bridgehead atoms. The molecule has 138 valence electrons. The van der Waals surface area contributed by atoms with E-state index in [1.165, 1.54) is 18.2 Å². The number of thioether (sulfide) groups is 1. The van der Waals surface area contributed by atoms with Crippen molar-refractivity contribution in [2.24, 2.45) is 0 Å². The van der Waals surface area contributed by atoms with Crippen LogP contribution in [0, 0.1) is 0 Å². The first-order valence-corrected chi connectivity index (χ1v) is 8.66. The van der Waals surface area contributed by atoms with Crippen LogP contribution in [0.4, 0.5) is 0 Å². The third-order valence-corrected chi connectivity index (χ3v) is 4.33. The minimum atomic E-state index is -1.15. The first-order valence-electron chi connectivity index (χ1n) is 7.85. The van der Waals surface area contributed by atoms with Crippen molar-refractivity contribution in [1.82, 2.24) is 10.2 Å². The van der Waals surface area contributed by atoms with Crippen LogP contribution in [0.3, 0.4) is 0 Å². The first-order chi connectivity index (χ1) is 13.0. The van der Waals surface area contributed by atoms with E-state index in [0.29, 0.717) is 29.4 Å². The molecule has 0 saturated carbocycles. The summed E-state index contributed by atoms with van der Waals surface area (Å²) in [5.41, 5.74) is 0.842. The number of furan rings is 1. The highest BCUT2D eigenvalue weighted by Gasteiger charge is 2.16. The van der Waals surface area contributed by atoms with Gasteiger partial charge in [0, 0.05) is 18.1 Å². The molecule has 2 heterocycles. The van der Waals surface area contributed by atoms with Crippen molar-refractivity contribution in [3.63, 3.8) is 0 Å². The number of rotatable bonds is 7. The number of nitrogens with zero attached hydrogens (tertiary/aromatic N) is 2. The number of benzene rings is 1. The van der Waals surface area contributed by atoms with E-state index in [4.69, 9.17) is 13.9 Å². The number of carbonyl (C=O) groups is 2. The molecule has 1 aromatic carbocycles. The summed E-state index contributed by atoms with van der Waals surface area (Å²) in [6.07, 6.45) is 1.92. The SMILES string of the molecule is CCc1nnc(S/C(=C\c2ccc(-c3ccc(C(=O)O)cc3)o2)C(=O)O)o1. The van der Waals surface area contributed by atoms with Crippen molar-refractivity contribution >= 4 is 29.8 Å². The predicted molar refractivity (Wildman–Crippen MR) is 96.2 cm³/mol. The van der Waals surface area contributed by atoms with Gasteiger partial charge in [-0.2, -0.15) is 0 Å². The van der Waals surface area contributed by atoms with E-state index in [-0.39, 0.29) is 15.7 Å². The standard InChI is InChI=1S/C18H14N2O6S/c1-2-15-19-20-18(26-15)27-14(17(23)24)9-12-7-8-13(25-12)10-3-5-11(6-4-10)16(21)22/h3-9H,2H2,1H3,(H,21,22)(H,23,24)/b14-9-. The monoisotopic (exact) mass is 386 g/mol. The lowest BCUT2D eigenvalue weighted by atomic mass is 10.1. The molecule has 0 aliphatic heterocycles. The molecule has 0 spiro atoms. The van der Waals surface area contributed by atoms with Crippen LogP contribution in [0.5, 0.6) is 0 Å². The normalized spacial score (nSPS) is 11.5. The maximum absolute atomic E-state index is 11.5. The Hall–Kier alpha value is -3.33. The van der Waals surface area contributed by atoms with Gasteiger partial charge >= 0.3 is 11.9 Å². The molecule has 0 aliphatic carbocycles. The molecule has 0 atom stereocenters. The van der Waals surface area contributed by atoms with Gasteiger partial charge in [-0.05, 0) is 36.0 Å². The first kappa shape index (κ1) is 18.5. The summed E-state index contributed by atoms with van der Waals surface area (Å²) in [5.74, 6) is -0.932. The second-order valence-electron chi connectivity index (χ2n) is 5.32. The van der Waals surface area contributed by atoms with Crippen LogP contribution in [0.1, 0.15) is 28.9 Å². The third-order valence-electron chi connectivity index (χ3n) is 3.48. The Morgan fingerprint density at radius 1 is 1.07 bits per heavy atom. The van der Waals surface area contributed by atoms with E-state index >= 15 is 0 Å². The molecule has 0 saturated heterocycles. The molecule has 27 heavy (non-hydrogen) atoms. The second kappa shape index (κ2) is 7.92. The fraction of sp³-hybridized carbons (Fsp3) is 0.111. The molecule has 3 rings (SSSR count). The van der Waals surface area contributed by atoms with E-state index in [0.717, 1.165) is 11.8 Å². The number of aliphatic carboxylic acids is 1. The Morgan fingerprint density at radius 3 is 2.41 bits per heavy atom. The average molecular weight is 386 g/mol. The van der Waals surface area contributed by atoms with Gasteiger partial charge in [-0.15, -0.1) is 10.2 Å². The minimum absolute atomic E-state index is 0.0385. The minimum Gasteiger partial charge on any atom is -0.478 e. The van der Waals surface area contributed by atoms with Crippen molar-refractivity contribution in [3.8, 4) is 11.3 Å². The summed E-state index contributed by atoms with van der Waals surface area (Å²) in [5, 5.41) is 26.0. The number of hydrogen-bond acceptors (Lipinski definition) is 7. The highest BCUT2D eigenvalue weighted by Crippen LogP contribution is 2.29. The quantitative estimate of drug-likeness (QED) is 0.460. The molecule has 9 heteroatoms. The van der Waals surface area contributed by atoms with Crippen LogP contribution < -0.4 is 0 Å². The van der Waals surface area contributed by atoms with E-state index < -0.39 is 11.9 Å². The van der Waals surface area contributed by atoms with Gasteiger partial charge in [-0.1, -0.05) is 19.1 Å². The Kier molecular flexibility index (Phi) is 5.41. The zero-order chi connectivity index (χ0) is 19.4. The molecule has 0 amide bonds. The van der Waals surface area contributed by atoms with Crippen molar-refractivity contribution in [2.45, 2.75) is 18.6 Å². The van der Waals surface area contributed by atoms with Crippen molar-refractivity contribution in [2.75, 3.05) is 0 Å². The summed E-state index contributed by atoms with van der Waals surface area (Å²) < 4.78 is 11.0.